The van der Waals surface area contributed by atoms with Gasteiger partial charge in [0.15, 0.2) is 0 Å². The van der Waals surface area contributed by atoms with Crippen molar-refractivity contribution in [1.29, 1.82) is 0 Å². The van der Waals surface area contributed by atoms with E-state index in [1.54, 1.807) is 0 Å². The first kappa shape index (κ1) is 11.6. The molecule has 0 spiro atoms. The van der Waals surface area contributed by atoms with Crippen molar-refractivity contribution >= 4 is 17.7 Å². The minimum Gasteiger partial charge on any atom is -0.349 e. The van der Waals surface area contributed by atoms with E-state index in [0.717, 1.165) is 11.4 Å². The molecule has 1 aromatic rings. The van der Waals surface area contributed by atoms with Crippen LogP contribution in [0.2, 0.25) is 0 Å². The molecule has 2 rings (SSSR count). The van der Waals surface area contributed by atoms with Crippen molar-refractivity contribution in [1.82, 2.24) is 15.2 Å². The fourth-order valence-electron chi connectivity index (χ4n) is 2.06. The molecule has 1 aliphatic rings. The fourth-order valence-corrected chi connectivity index (χ4v) is 2.99. The van der Waals surface area contributed by atoms with Crippen molar-refractivity contribution < 1.29 is 0 Å². The summed E-state index contributed by atoms with van der Waals surface area (Å²) in [5, 5.41) is 12.3. The van der Waals surface area contributed by atoms with E-state index in [2.05, 4.69) is 26.8 Å². The Labute approximate surface area is 101 Å². The van der Waals surface area contributed by atoms with E-state index in [0.29, 0.717) is 17.2 Å². The minimum absolute atomic E-state index is 0.499. The zero-order valence-electron chi connectivity index (χ0n) is 10.0. The van der Waals surface area contributed by atoms with E-state index in [9.17, 15) is 0 Å². The average molecular weight is 238 g/mol. The molecular formula is C11H18N4S. The third-order valence-electron chi connectivity index (χ3n) is 3.16. The average Bonchev–Trinajstić information content (AvgIpc) is 2.71. The van der Waals surface area contributed by atoms with Gasteiger partial charge in [0.25, 0.3) is 0 Å². The zero-order chi connectivity index (χ0) is 11.5. The second-order valence-electron chi connectivity index (χ2n) is 4.26. The van der Waals surface area contributed by atoms with Gasteiger partial charge in [-0.2, -0.15) is 16.9 Å². The van der Waals surface area contributed by atoms with Gasteiger partial charge in [0.05, 0.1) is 11.4 Å². The monoisotopic (exact) mass is 238 g/mol. The SMILES string of the molecule is CSC1CCCC1Nc1nnc(C)c(C)n1. The van der Waals surface area contributed by atoms with E-state index >= 15 is 0 Å². The highest BCUT2D eigenvalue weighted by molar-refractivity contribution is 7.99. The Morgan fingerprint density at radius 3 is 2.69 bits per heavy atom. The lowest BCUT2D eigenvalue weighted by Gasteiger charge is -2.18. The Morgan fingerprint density at radius 1 is 1.19 bits per heavy atom. The number of thioether (sulfide) groups is 1. The van der Waals surface area contributed by atoms with Gasteiger partial charge in [-0.3, -0.25) is 0 Å². The summed E-state index contributed by atoms with van der Waals surface area (Å²) in [4.78, 5) is 4.41. The number of anilines is 1. The lowest BCUT2D eigenvalue weighted by atomic mass is 10.2. The Balaban J connectivity index is 2.05. The van der Waals surface area contributed by atoms with Crippen LogP contribution in [0, 0.1) is 13.8 Å². The maximum atomic E-state index is 4.41. The van der Waals surface area contributed by atoms with Crippen LogP contribution >= 0.6 is 11.8 Å². The summed E-state index contributed by atoms with van der Waals surface area (Å²) in [6.07, 6.45) is 5.96. The summed E-state index contributed by atoms with van der Waals surface area (Å²) in [6, 6.07) is 0.499. The second-order valence-corrected chi connectivity index (χ2v) is 5.34. The molecule has 1 N–H and O–H groups in total. The van der Waals surface area contributed by atoms with Crippen molar-refractivity contribution in [2.45, 2.75) is 44.4 Å². The van der Waals surface area contributed by atoms with Crippen LogP contribution in [0.1, 0.15) is 30.7 Å². The summed E-state index contributed by atoms with van der Waals surface area (Å²) in [7, 11) is 0. The molecular weight excluding hydrogens is 220 g/mol. The summed E-state index contributed by atoms with van der Waals surface area (Å²) >= 11 is 1.93. The molecule has 1 aromatic heterocycles. The van der Waals surface area contributed by atoms with Crippen LogP contribution in [0.3, 0.4) is 0 Å². The quantitative estimate of drug-likeness (QED) is 0.874. The molecule has 0 saturated heterocycles. The number of rotatable bonds is 3. The molecule has 1 aliphatic carbocycles. The van der Waals surface area contributed by atoms with Gasteiger partial charge in [0.2, 0.25) is 5.95 Å². The number of hydrogen-bond donors (Lipinski definition) is 1. The number of nitrogens with zero attached hydrogens (tertiary/aromatic N) is 3. The van der Waals surface area contributed by atoms with Crippen molar-refractivity contribution in [2.75, 3.05) is 11.6 Å². The molecule has 1 fully saturated rings. The molecule has 1 heterocycles. The van der Waals surface area contributed by atoms with Crippen LogP contribution in [0.15, 0.2) is 0 Å². The molecule has 5 heteroatoms. The van der Waals surface area contributed by atoms with E-state index in [1.807, 2.05) is 25.6 Å². The lowest BCUT2D eigenvalue weighted by molar-refractivity contribution is 0.744. The molecule has 2 atom stereocenters. The van der Waals surface area contributed by atoms with Gasteiger partial charge in [0, 0.05) is 11.3 Å². The summed E-state index contributed by atoms with van der Waals surface area (Å²) in [5.74, 6) is 0.675. The standard InChI is InChI=1S/C11H18N4S/c1-7-8(2)14-15-11(12-7)13-9-5-4-6-10(9)16-3/h9-10H,4-6H2,1-3H3,(H,12,13,15). The predicted molar refractivity (Wildman–Crippen MR) is 67.9 cm³/mol. The van der Waals surface area contributed by atoms with Crippen LogP contribution < -0.4 is 5.32 Å². The molecule has 0 aliphatic heterocycles. The number of aromatic nitrogens is 3. The van der Waals surface area contributed by atoms with Gasteiger partial charge in [-0.25, -0.2) is 4.98 Å². The molecule has 88 valence electrons. The first-order chi connectivity index (χ1) is 7.70. The number of aryl methyl sites for hydroxylation is 2. The highest BCUT2D eigenvalue weighted by Crippen LogP contribution is 2.29. The first-order valence-electron chi connectivity index (χ1n) is 5.68. The van der Waals surface area contributed by atoms with Crippen LogP contribution in [0.5, 0.6) is 0 Å². The van der Waals surface area contributed by atoms with Gasteiger partial charge < -0.3 is 5.32 Å². The van der Waals surface area contributed by atoms with Gasteiger partial charge in [-0.05, 0) is 32.9 Å². The van der Waals surface area contributed by atoms with Crippen LogP contribution in [0.4, 0.5) is 5.95 Å². The predicted octanol–water partition coefficient (Wildman–Crippen LogP) is 2.18. The zero-order valence-corrected chi connectivity index (χ0v) is 10.8. The maximum absolute atomic E-state index is 4.41. The van der Waals surface area contributed by atoms with E-state index < -0.39 is 0 Å². The van der Waals surface area contributed by atoms with Crippen molar-refractivity contribution in [3.05, 3.63) is 11.4 Å². The molecule has 0 amide bonds. The normalized spacial score (nSPS) is 24.7. The van der Waals surface area contributed by atoms with Crippen molar-refractivity contribution in [2.24, 2.45) is 0 Å². The number of nitrogens with one attached hydrogen (secondary N) is 1. The molecule has 2 unspecified atom stereocenters. The smallest absolute Gasteiger partial charge is 0.243 e. The Bertz CT molecular complexity index is 369. The first-order valence-corrected chi connectivity index (χ1v) is 6.96. The molecule has 1 saturated carbocycles. The summed E-state index contributed by atoms with van der Waals surface area (Å²) < 4.78 is 0. The highest BCUT2D eigenvalue weighted by atomic mass is 32.2. The topological polar surface area (TPSA) is 50.7 Å². The van der Waals surface area contributed by atoms with E-state index in [4.69, 9.17) is 0 Å². The molecule has 0 aromatic carbocycles. The number of hydrogen-bond acceptors (Lipinski definition) is 5. The van der Waals surface area contributed by atoms with Crippen LogP contribution in [-0.2, 0) is 0 Å². The minimum atomic E-state index is 0.499. The van der Waals surface area contributed by atoms with Gasteiger partial charge in [0.1, 0.15) is 0 Å². The molecule has 16 heavy (non-hydrogen) atoms. The van der Waals surface area contributed by atoms with Crippen molar-refractivity contribution in [3.63, 3.8) is 0 Å². The van der Waals surface area contributed by atoms with Crippen LogP contribution in [-0.4, -0.2) is 32.7 Å². The van der Waals surface area contributed by atoms with E-state index in [-0.39, 0.29) is 0 Å². The molecule has 0 radical (unpaired) electrons. The Morgan fingerprint density at radius 2 is 2.00 bits per heavy atom. The van der Waals surface area contributed by atoms with Gasteiger partial charge in [-0.1, -0.05) is 6.42 Å². The molecule has 4 nitrogen and oxygen atoms in total. The summed E-state index contributed by atoms with van der Waals surface area (Å²) in [5.41, 5.74) is 1.86. The lowest BCUT2D eigenvalue weighted by Crippen LogP contribution is -2.27. The third-order valence-corrected chi connectivity index (χ3v) is 4.33. The fraction of sp³-hybridized carbons (Fsp3) is 0.727. The van der Waals surface area contributed by atoms with Crippen LogP contribution in [0.25, 0.3) is 0 Å². The van der Waals surface area contributed by atoms with Crippen molar-refractivity contribution in [3.8, 4) is 0 Å². The van der Waals surface area contributed by atoms with Gasteiger partial charge in [-0.15, -0.1) is 5.10 Å². The molecule has 0 bridgehead atoms. The third kappa shape index (κ3) is 2.45. The summed E-state index contributed by atoms with van der Waals surface area (Å²) in [6.45, 7) is 3.90. The highest BCUT2D eigenvalue weighted by Gasteiger charge is 2.26. The maximum Gasteiger partial charge on any atom is 0.243 e. The van der Waals surface area contributed by atoms with Gasteiger partial charge >= 0.3 is 0 Å². The van der Waals surface area contributed by atoms with E-state index in [1.165, 1.54) is 19.3 Å². The second kappa shape index (κ2) is 4.99. The Kier molecular flexibility index (Phi) is 3.63. The Hall–Kier alpha value is -0.840. The largest absolute Gasteiger partial charge is 0.349 e.